The number of hydrogen-bond donors (Lipinski definition) is 1. The van der Waals surface area contributed by atoms with E-state index < -0.39 is 5.97 Å². The molecule has 1 aliphatic heterocycles. The van der Waals surface area contributed by atoms with Crippen LogP contribution in [0.5, 0.6) is 0 Å². The molecule has 1 aliphatic rings. The quantitative estimate of drug-likeness (QED) is 0.660. The Morgan fingerprint density at radius 1 is 1.45 bits per heavy atom. The molecule has 0 amide bonds. The van der Waals surface area contributed by atoms with Crippen molar-refractivity contribution in [2.24, 2.45) is 0 Å². The fourth-order valence-electron chi connectivity index (χ4n) is 2.68. The molecule has 20 heavy (non-hydrogen) atoms. The first-order chi connectivity index (χ1) is 9.70. The van der Waals surface area contributed by atoms with Gasteiger partial charge in [-0.3, -0.25) is 4.90 Å². The summed E-state index contributed by atoms with van der Waals surface area (Å²) in [5.74, 6) is 1.77. The van der Waals surface area contributed by atoms with E-state index in [0.29, 0.717) is 6.04 Å². The molecule has 0 aliphatic carbocycles. The van der Waals surface area contributed by atoms with Gasteiger partial charge in [-0.05, 0) is 36.6 Å². The summed E-state index contributed by atoms with van der Waals surface area (Å²) in [4.78, 5) is 12.9. The van der Waals surface area contributed by atoms with Crippen molar-refractivity contribution in [3.8, 4) is 12.3 Å². The Kier molecular flexibility index (Phi) is 4.97. The average molecular weight is 269 g/mol. The van der Waals surface area contributed by atoms with Crippen LogP contribution in [0, 0.1) is 12.3 Å². The number of nitrogens with zero attached hydrogens (tertiary/aromatic N) is 1. The van der Waals surface area contributed by atoms with E-state index in [-0.39, 0.29) is 0 Å². The molecule has 1 saturated heterocycles. The Balaban J connectivity index is 2.05. The predicted molar refractivity (Wildman–Crippen MR) is 80.1 cm³/mol. The van der Waals surface area contributed by atoms with Gasteiger partial charge in [-0.2, -0.15) is 0 Å². The lowest BCUT2D eigenvalue weighted by Crippen LogP contribution is -2.24. The molecule has 0 saturated carbocycles. The van der Waals surface area contributed by atoms with Crippen molar-refractivity contribution < 1.29 is 9.90 Å². The first-order valence-corrected chi connectivity index (χ1v) is 6.89. The van der Waals surface area contributed by atoms with Gasteiger partial charge >= 0.3 is 5.97 Å². The SMILES string of the molecule is C#CCCN1CCCC1c1ccc(/C=C/C(=O)O)cc1. The Bertz CT molecular complexity index is 525. The molecule has 1 aromatic carbocycles. The fourth-order valence-corrected chi connectivity index (χ4v) is 2.68. The molecule has 1 fully saturated rings. The Labute approximate surface area is 119 Å². The van der Waals surface area contributed by atoms with E-state index in [1.165, 1.54) is 12.0 Å². The van der Waals surface area contributed by atoms with E-state index in [1.807, 2.05) is 12.1 Å². The van der Waals surface area contributed by atoms with Gasteiger partial charge in [0.1, 0.15) is 0 Å². The molecule has 0 radical (unpaired) electrons. The zero-order chi connectivity index (χ0) is 14.4. The van der Waals surface area contributed by atoms with Crippen LogP contribution in [0.15, 0.2) is 30.3 Å². The summed E-state index contributed by atoms with van der Waals surface area (Å²) in [6.07, 6.45) is 11.3. The van der Waals surface area contributed by atoms with Gasteiger partial charge in [0.05, 0.1) is 0 Å². The van der Waals surface area contributed by atoms with Crippen LogP contribution in [-0.4, -0.2) is 29.1 Å². The molecule has 3 nitrogen and oxygen atoms in total. The number of terminal acetylenes is 1. The smallest absolute Gasteiger partial charge is 0.328 e. The lowest BCUT2D eigenvalue weighted by Gasteiger charge is -2.24. The predicted octanol–water partition coefficient (Wildman–Crippen LogP) is 2.94. The van der Waals surface area contributed by atoms with Crippen molar-refractivity contribution in [3.63, 3.8) is 0 Å². The van der Waals surface area contributed by atoms with Gasteiger partial charge in [-0.1, -0.05) is 24.3 Å². The van der Waals surface area contributed by atoms with Gasteiger partial charge in [0.2, 0.25) is 0 Å². The van der Waals surface area contributed by atoms with Crippen LogP contribution >= 0.6 is 0 Å². The minimum Gasteiger partial charge on any atom is -0.478 e. The monoisotopic (exact) mass is 269 g/mol. The number of benzene rings is 1. The fraction of sp³-hybridized carbons (Fsp3) is 0.353. The molecule has 1 unspecified atom stereocenters. The summed E-state index contributed by atoms with van der Waals surface area (Å²) in [7, 11) is 0. The lowest BCUT2D eigenvalue weighted by atomic mass is 10.0. The van der Waals surface area contributed by atoms with Gasteiger partial charge < -0.3 is 5.11 Å². The number of likely N-dealkylation sites (tertiary alicyclic amines) is 1. The normalized spacial score (nSPS) is 19.2. The Morgan fingerprint density at radius 2 is 2.20 bits per heavy atom. The molecule has 104 valence electrons. The van der Waals surface area contributed by atoms with Crippen LogP contribution in [0.2, 0.25) is 0 Å². The number of aliphatic carboxylic acids is 1. The second-order valence-electron chi connectivity index (χ2n) is 4.99. The van der Waals surface area contributed by atoms with Crippen LogP contribution < -0.4 is 0 Å². The molecular weight excluding hydrogens is 250 g/mol. The first kappa shape index (κ1) is 14.4. The lowest BCUT2D eigenvalue weighted by molar-refractivity contribution is -0.131. The number of carboxylic acids is 1. The Morgan fingerprint density at radius 3 is 2.85 bits per heavy atom. The molecule has 1 atom stereocenters. The second kappa shape index (κ2) is 6.93. The summed E-state index contributed by atoms with van der Waals surface area (Å²) < 4.78 is 0. The van der Waals surface area contributed by atoms with E-state index >= 15 is 0 Å². The largest absolute Gasteiger partial charge is 0.478 e. The van der Waals surface area contributed by atoms with Gasteiger partial charge in [-0.15, -0.1) is 12.3 Å². The molecule has 2 rings (SSSR count). The van der Waals surface area contributed by atoms with Crippen LogP contribution in [-0.2, 0) is 4.79 Å². The molecule has 0 spiro atoms. The Hall–Kier alpha value is -2.05. The molecule has 1 aromatic rings. The molecular formula is C17H19NO2. The maximum Gasteiger partial charge on any atom is 0.328 e. The topological polar surface area (TPSA) is 40.5 Å². The maximum absolute atomic E-state index is 10.5. The highest BCUT2D eigenvalue weighted by molar-refractivity contribution is 5.85. The zero-order valence-electron chi connectivity index (χ0n) is 11.5. The van der Waals surface area contributed by atoms with Crippen LogP contribution in [0.1, 0.15) is 36.4 Å². The van der Waals surface area contributed by atoms with E-state index in [0.717, 1.165) is 37.6 Å². The van der Waals surface area contributed by atoms with Gasteiger partial charge in [0.15, 0.2) is 0 Å². The van der Waals surface area contributed by atoms with Gasteiger partial charge in [0, 0.05) is 25.1 Å². The molecule has 3 heteroatoms. The van der Waals surface area contributed by atoms with Crippen LogP contribution in [0.3, 0.4) is 0 Å². The average Bonchev–Trinajstić information content (AvgIpc) is 2.91. The van der Waals surface area contributed by atoms with E-state index in [1.54, 1.807) is 6.08 Å². The van der Waals surface area contributed by atoms with Crippen molar-refractivity contribution in [2.75, 3.05) is 13.1 Å². The van der Waals surface area contributed by atoms with Gasteiger partial charge in [0.25, 0.3) is 0 Å². The second-order valence-corrected chi connectivity index (χ2v) is 4.99. The number of hydrogen-bond acceptors (Lipinski definition) is 2. The minimum absolute atomic E-state index is 0.445. The van der Waals surface area contributed by atoms with Crippen molar-refractivity contribution in [3.05, 3.63) is 41.5 Å². The molecule has 0 aromatic heterocycles. The van der Waals surface area contributed by atoms with E-state index in [2.05, 4.69) is 23.0 Å². The van der Waals surface area contributed by atoms with Crippen molar-refractivity contribution in [1.82, 2.24) is 4.90 Å². The van der Waals surface area contributed by atoms with Crippen LogP contribution in [0.25, 0.3) is 6.08 Å². The van der Waals surface area contributed by atoms with Crippen molar-refractivity contribution >= 4 is 12.0 Å². The van der Waals surface area contributed by atoms with E-state index in [4.69, 9.17) is 11.5 Å². The standard InChI is InChI=1S/C17H19NO2/c1-2-3-12-18-13-4-5-16(18)15-9-6-14(7-10-15)8-11-17(19)20/h1,6-11,16H,3-5,12-13H2,(H,19,20)/b11-8+. The molecule has 1 N–H and O–H groups in total. The number of carboxylic acid groups (broad SMARTS) is 1. The van der Waals surface area contributed by atoms with Gasteiger partial charge in [-0.25, -0.2) is 4.79 Å². The first-order valence-electron chi connectivity index (χ1n) is 6.89. The summed E-state index contributed by atoms with van der Waals surface area (Å²) in [6.45, 7) is 2.05. The highest BCUT2D eigenvalue weighted by atomic mass is 16.4. The summed E-state index contributed by atoms with van der Waals surface area (Å²) in [5.41, 5.74) is 2.19. The minimum atomic E-state index is -0.926. The third-order valence-electron chi connectivity index (χ3n) is 3.65. The molecule has 0 bridgehead atoms. The maximum atomic E-state index is 10.5. The highest BCUT2D eigenvalue weighted by Gasteiger charge is 2.24. The van der Waals surface area contributed by atoms with Crippen LogP contribution in [0.4, 0.5) is 0 Å². The zero-order valence-corrected chi connectivity index (χ0v) is 11.5. The third-order valence-corrected chi connectivity index (χ3v) is 3.65. The summed E-state index contributed by atoms with van der Waals surface area (Å²) in [5, 5.41) is 8.61. The summed E-state index contributed by atoms with van der Waals surface area (Å²) in [6, 6.07) is 8.54. The number of carbonyl (C=O) groups is 1. The third kappa shape index (κ3) is 3.72. The highest BCUT2D eigenvalue weighted by Crippen LogP contribution is 2.31. The van der Waals surface area contributed by atoms with Crippen molar-refractivity contribution in [1.29, 1.82) is 0 Å². The summed E-state index contributed by atoms with van der Waals surface area (Å²) >= 11 is 0. The number of rotatable bonds is 5. The molecule has 1 heterocycles. The van der Waals surface area contributed by atoms with E-state index in [9.17, 15) is 4.79 Å². The van der Waals surface area contributed by atoms with Crippen molar-refractivity contribution in [2.45, 2.75) is 25.3 Å².